The van der Waals surface area contributed by atoms with Crippen LogP contribution in [0.15, 0.2) is 0 Å². The van der Waals surface area contributed by atoms with Crippen molar-refractivity contribution in [2.24, 2.45) is 0 Å². The first-order valence-corrected chi connectivity index (χ1v) is 7.45. The first-order valence-electron chi connectivity index (χ1n) is 7.45. The third-order valence-electron chi connectivity index (χ3n) is 4.57. The molecule has 0 aliphatic carbocycles. The summed E-state index contributed by atoms with van der Waals surface area (Å²) < 4.78 is 6.06. The van der Waals surface area contributed by atoms with Crippen molar-refractivity contribution in [1.82, 2.24) is 15.1 Å². The monoisotopic (exact) mass is 253 g/mol. The van der Waals surface area contributed by atoms with Gasteiger partial charge < -0.3 is 10.1 Å². The van der Waals surface area contributed by atoms with E-state index in [1.165, 1.54) is 19.4 Å². The normalized spacial score (nSPS) is 37.7. The number of hydrogen-bond acceptors (Lipinski definition) is 4. The lowest BCUT2D eigenvalue weighted by Crippen LogP contribution is -2.59. The average Bonchev–Trinajstić information content (AvgIpc) is 2.74. The molecule has 0 spiro atoms. The third kappa shape index (κ3) is 2.87. The SMILES string of the molecule is CC1(C)CN(CC2CN3CCCC3CO2)CCN1. The number of hydrogen-bond donors (Lipinski definition) is 1. The van der Waals surface area contributed by atoms with E-state index in [0.29, 0.717) is 6.10 Å². The minimum absolute atomic E-state index is 0.253. The van der Waals surface area contributed by atoms with Crippen LogP contribution in [0.5, 0.6) is 0 Å². The molecule has 1 N–H and O–H groups in total. The summed E-state index contributed by atoms with van der Waals surface area (Å²) in [6.45, 7) is 12.5. The first kappa shape index (κ1) is 12.9. The number of rotatable bonds is 2. The summed E-state index contributed by atoms with van der Waals surface area (Å²) in [5.74, 6) is 0. The van der Waals surface area contributed by atoms with E-state index in [4.69, 9.17) is 4.74 Å². The van der Waals surface area contributed by atoms with E-state index in [0.717, 1.165) is 45.4 Å². The van der Waals surface area contributed by atoms with Gasteiger partial charge in [-0.05, 0) is 33.2 Å². The van der Waals surface area contributed by atoms with Gasteiger partial charge in [0.2, 0.25) is 0 Å². The van der Waals surface area contributed by atoms with Gasteiger partial charge in [-0.3, -0.25) is 9.80 Å². The molecular weight excluding hydrogens is 226 g/mol. The van der Waals surface area contributed by atoms with Crippen LogP contribution in [0.25, 0.3) is 0 Å². The van der Waals surface area contributed by atoms with Crippen LogP contribution in [-0.4, -0.2) is 73.4 Å². The van der Waals surface area contributed by atoms with E-state index in [-0.39, 0.29) is 5.54 Å². The molecule has 18 heavy (non-hydrogen) atoms. The molecule has 0 radical (unpaired) electrons. The van der Waals surface area contributed by atoms with Crippen molar-refractivity contribution in [2.45, 2.75) is 44.4 Å². The zero-order valence-corrected chi connectivity index (χ0v) is 11.8. The number of fused-ring (bicyclic) bond motifs is 1. The Bertz CT molecular complexity index is 295. The highest BCUT2D eigenvalue weighted by atomic mass is 16.5. The Labute approximate surface area is 111 Å². The predicted octanol–water partition coefficient (Wildman–Crippen LogP) is 0.533. The van der Waals surface area contributed by atoms with Gasteiger partial charge in [0.1, 0.15) is 0 Å². The van der Waals surface area contributed by atoms with Crippen molar-refractivity contribution < 1.29 is 4.74 Å². The Morgan fingerprint density at radius 1 is 1.33 bits per heavy atom. The summed E-state index contributed by atoms with van der Waals surface area (Å²) in [6, 6.07) is 0.723. The Morgan fingerprint density at radius 2 is 2.22 bits per heavy atom. The largest absolute Gasteiger partial charge is 0.374 e. The summed E-state index contributed by atoms with van der Waals surface area (Å²) >= 11 is 0. The molecule has 3 fully saturated rings. The van der Waals surface area contributed by atoms with Crippen molar-refractivity contribution in [3.8, 4) is 0 Å². The molecular formula is C14H27N3O. The number of piperazine rings is 1. The van der Waals surface area contributed by atoms with Crippen molar-refractivity contribution >= 4 is 0 Å². The van der Waals surface area contributed by atoms with Crippen LogP contribution < -0.4 is 5.32 Å². The zero-order valence-electron chi connectivity index (χ0n) is 11.8. The quantitative estimate of drug-likeness (QED) is 0.777. The van der Waals surface area contributed by atoms with Crippen LogP contribution >= 0.6 is 0 Å². The number of ether oxygens (including phenoxy) is 1. The van der Waals surface area contributed by atoms with Crippen LogP contribution in [0.1, 0.15) is 26.7 Å². The zero-order chi connectivity index (χ0) is 12.6. The summed E-state index contributed by atoms with van der Waals surface area (Å²) in [7, 11) is 0. The Kier molecular flexibility index (Phi) is 3.63. The molecule has 0 aromatic heterocycles. The van der Waals surface area contributed by atoms with Crippen LogP contribution in [0, 0.1) is 0 Å². The standard InChI is InChI=1S/C14H27N3O/c1-14(2)11-16(7-5-15-14)8-13-9-17-6-3-4-12(17)10-18-13/h12-13,15H,3-11H2,1-2H3. The van der Waals surface area contributed by atoms with Gasteiger partial charge in [-0.15, -0.1) is 0 Å². The predicted molar refractivity (Wildman–Crippen MR) is 72.9 cm³/mol. The molecule has 2 atom stereocenters. The summed E-state index contributed by atoms with van der Waals surface area (Å²) in [4.78, 5) is 5.21. The van der Waals surface area contributed by atoms with E-state index in [1.54, 1.807) is 0 Å². The van der Waals surface area contributed by atoms with Crippen molar-refractivity contribution in [3.63, 3.8) is 0 Å². The molecule has 0 amide bonds. The molecule has 3 saturated heterocycles. The minimum Gasteiger partial charge on any atom is -0.374 e. The number of nitrogens with zero attached hydrogens (tertiary/aromatic N) is 2. The highest BCUT2D eigenvalue weighted by molar-refractivity contribution is 4.90. The van der Waals surface area contributed by atoms with Crippen molar-refractivity contribution in [2.75, 3.05) is 45.9 Å². The summed E-state index contributed by atoms with van der Waals surface area (Å²) in [5, 5.41) is 3.57. The van der Waals surface area contributed by atoms with E-state index in [9.17, 15) is 0 Å². The van der Waals surface area contributed by atoms with Gasteiger partial charge in [-0.2, -0.15) is 0 Å². The second-order valence-corrected chi connectivity index (χ2v) is 6.79. The van der Waals surface area contributed by atoms with Crippen molar-refractivity contribution in [1.29, 1.82) is 0 Å². The molecule has 0 aromatic carbocycles. The molecule has 0 saturated carbocycles. The fourth-order valence-electron chi connectivity index (χ4n) is 3.69. The molecule has 4 heteroatoms. The maximum absolute atomic E-state index is 6.06. The van der Waals surface area contributed by atoms with E-state index >= 15 is 0 Å². The topological polar surface area (TPSA) is 27.7 Å². The minimum atomic E-state index is 0.253. The van der Waals surface area contributed by atoms with Gasteiger partial charge in [0.15, 0.2) is 0 Å². The van der Waals surface area contributed by atoms with Gasteiger partial charge in [-0.1, -0.05) is 0 Å². The van der Waals surface area contributed by atoms with E-state index < -0.39 is 0 Å². The summed E-state index contributed by atoms with van der Waals surface area (Å²) in [6.07, 6.45) is 3.13. The molecule has 4 nitrogen and oxygen atoms in total. The molecule has 3 aliphatic heterocycles. The average molecular weight is 253 g/mol. The van der Waals surface area contributed by atoms with Gasteiger partial charge in [0.05, 0.1) is 12.7 Å². The third-order valence-corrected chi connectivity index (χ3v) is 4.57. The summed E-state index contributed by atoms with van der Waals surface area (Å²) in [5.41, 5.74) is 0.253. The Hall–Kier alpha value is -0.160. The number of morpholine rings is 1. The molecule has 3 rings (SSSR count). The lowest BCUT2D eigenvalue weighted by atomic mass is 10.0. The highest BCUT2D eigenvalue weighted by Gasteiger charge is 2.34. The van der Waals surface area contributed by atoms with Crippen LogP contribution in [0.3, 0.4) is 0 Å². The Balaban J connectivity index is 1.50. The van der Waals surface area contributed by atoms with Crippen molar-refractivity contribution in [3.05, 3.63) is 0 Å². The smallest absolute Gasteiger partial charge is 0.0829 e. The lowest BCUT2D eigenvalue weighted by Gasteiger charge is -2.42. The van der Waals surface area contributed by atoms with Gasteiger partial charge in [0.25, 0.3) is 0 Å². The molecule has 3 heterocycles. The molecule has 3 aliphatic rings. The molecule has 104 valence electrons. The van der Waals surface area contributed by atoms with Crippen LogP contribution in [0.2, 0.25) is 0 Å². The second kappa shape index (κ2) is 5.08. The highest BCUT2D eigenvalue weighted by Crippen LogP contribution is 2.23. The second-order valence-electron chi connectivity index (χ2n) is 6.79. The van der Waals surface area contributed by atoms with Crippen LogP contribution in [0.4, 0.5) is 0 Å². The van der Waals surface area contributed by atoms with E-state index in [1.807, 2.05) is 0 Å². The van der Waals surface area contributed by atoms with Gasteiger partial charge >= 0.3 is 0 Å². The van der Waals surface area contributed by atoms with Gasteiger partial charge in [-0.25, -0.2) is 0 Å². The fourth-order valence-corrected chi connectivity index (χ4v) is 3.69. The number of nitrogens with one attached hydrogen (secondary N) is 1. The first-order chi connectivity index (χ1) is 8.62. The van der Waals surface area contributed by atoms with E-state index in [2.05, 4.69) is 29.0 Å². The molecule has 2 unspecified atom stereocenters. The molecule has 0 bridgehead atoms. The van der Waals surface area contributed by atoms with Crippen LogP contribution in [-0.2, 0) is 4.74 Å². The maximum Gasteiger partial charge on any atom is 0.0829 e. The molecule has 0 aromatic rings. The fraction of sp³-hybridized carbons (Fsp3) is 1.00. The van der Waals surface area contributed by atoms with Gasteiger partial charge in [0, 0.05) is 44.3 Å². The Morgan fingerprint density at radius 3 is 3.06 bits per heavy atom. The lowest BCUT2D eigenvalue weighted by molar-refractivity contribution is -0.0650. The maximum atomic E-state index is 6.06.